The van der Waals surface area contributed by atoms with Gasteiger partial charge in [-0.2, -0.15) is 5.10 Å². The van der Waals surface area contributed by atoms with E-state index in [0.29, 0.717) is 13.0 Å². The van der Waals surface area contributed by atoms with E-state index in [1.54, 1.807) is 6.07 Å². The Hall–Kier alpha value is -2.04. The predicted octanol–water partition coefficient (Wildman–Crippen LogP) is 3.28. The SMILES string of the molecule is CCc1cc(C(=O)c2c(F)ccc(C)c2F)n(CC)n1. The number of halogens is 2. The van der Waals surface area contributed by atoms with Crippen LogP contribution in [0.2, 0.25) is 0 Å². The van der Waals surface area contributed by atoms with Gasteiger partial charge in [0.25, 0.3) is 0 Å². The largest absolute Gasteiger partial charge is 0.287 e. The molecular weight excluding hydrogens is 262 g/mol. The molecule has 0 aliphatic heterocycles. The van der Waals surface area contributed by atoms with Gasteiger partial charge in [-0.15, -0.1) is 0 Å². The maximum Gasteiger partial charge on any atom is 0.216 e. The van der Waals surface area contributed by atoms with Crippen molar-refractivity contribution in [2.45, 2.75) is 33.7 Å². The van der Waals surface area contributed by atoms with Gasteiger partial charge in [0.15, 0.2) is 0 Å². The fourth-order valence-corrected chi connectivity index (χ4v) is 2.06. The van der Waals surface area contributed by atoms with Crippen molar-refractivity contribution in [1.29, 1.82) is 0 Å². The Morgan fingerprint density at radius 2 is 2.00 bits per heavy atom. The molecule has 20 heavy (non-hydrogen) atoms. The third-order valence-electron chi connectivity index (χ3n) is 3.24. The smallest absolute Gasteiger partial charge is 0.216 e. The lowest BCUT2D eigenvalue weighted by Crippen LogP contribution is -2.14. The first-order valence-corrected chi connectivity index (χ1v) is 6.55. The zero-order valence-corrected chi connectivity index (χ0v) is 11.7. The summed E-state index contributed by atoms with van der Waals surface area (Å²) in [6.45, 7) is 5.70. The van der Waals surface area contributed by atoms with Crippen LogP contribution in [0.15, 0.2) is 18.2 Å². The molecule has 0 aliphatic carbocycles. The molecule has 0 unspecified atom stereocenters. The molecule has 2 rings (SSSR count). The number of hydrogen-bond acceptors (Lipinski definition) is 2. The van der Waals surface area contributed by atoms with Crippen LogP contribution in [0.3, 0.4) is 0 Å². The molecule has 0 amide bonds. The maximum atomic E-state index is 14.0. The molecular formula is C15H16F2N2O. The van der Waals surface area contributed by atoms with E-state index in [1.165, 1.54) is 17.7 Å². The number of aromatic nitrogens is 2. The van der Waals surface area contributed by atoms with Crippen molar-refractivity contribution in [2.75, 3.05) is 0 Å². The summed E-state index contributed by atoms with van der Waals surface area (Å²) >= 11 is 0. The first-order valence-electron chi connectivity index (χ1n) is 6.55. The summed E-state index contributed by atoms with van der Waals surface area (Å²) in [5.41, 5.74) is 0.673. The average molecular weight is 278 g/mol. The Morgan fingerprint density at radius 3 is 2.60 bits per heavy atom. The summed E-state index contributed by atoms with van der Waals surface area (Å²) in [5, 5.41) is 4.23. The van der Waals surface area contributed by atoms with Crippen molar-refractivity contribution in [3.05, 3.63) is 52.3 Å². The highest BCUT2D eigenvalue weighted by atomic mass is 19.1. The molecule has 0 fully saturated rings. The fraction of sp³-hybridized carbons (Fsp3) is 0.333. The first-order chi connectivity index (χ1) is 9.49. The lowest BCUT2D eigenvalue weighted by atomic mass is 10.0. The topological polar surface area (TPSA) is 34.9 Å². The van der Waals surface area contributed by atoms with Gasteiger partial charge >= 0.3 is 0 Å². The molecule has 0 radical (unpaired) electrons. The van der Waals surface area contributed by atoms with Gasteiger partial charge in [0, 0.05) is 6.54 Å². The molecule has 106 valence electrons. The Morgan fingerprint density at radius 1 is 1.30 bits per heavy atom. The van der Waals surface area contributed by atoms with Crippen LogP contribution in [0.1, 0.15) is 41.2 Å². The molecule has 0 bridgehead atoms. The number of nitrogens with zero attached hydrogens (tertiary/aromatic N) is 2. The van der Waals surface area contributed by atoms with Crippen LogP contribution in [0.25, 0.3) is 0 Å². The minimum absolute atomic E-state index is 0.216. The molecule has 1 aromatic heterocycles. The number of rotatable bonds is 4. The van der Waals surface area contributed by atoms with E-state index in [1.807, 2.05) is 13.8 Å². The number of aryl methyl sites for hydroxylation is 3. The molecule has 0 N–H and O–H groups in total. The van der Waals surface area contributed by atoms with Crippen molar-refractivity contribution in [2.24, 2.45) is 0 Å². The Kier molecular flexibility index (Phi) is 3.97. The molecule has 2 aromatic rings. The third kappa shape index (κ3) is 2.35. The van der Waals surface area contributed by atoms with Crippen molar-refractivity contribution in [1.82, 2.24) is 9.78 Å². The number of carbonyl (C=O) groups is 1. The van der Waals surface area contributed by atoms with Gasteiger partial charge < -0.3 is 0 Å². The molecule has 1 aromatic carbocycles. The zero-order chi connectivity index (χ0) is 14.9. The second kappa shape index (κ2) is 5.53. The molecule has 5 heteroatoms. The summed E-state index contributed by atoms with van der Waals surface area (Å²) < 4.78 is 29.3. The number of hydrogen-bond donors (Lipinski definition) is 0. The molecule has 0 saturated heterocycles. The number of benzene rings is 1. The van der Waals surface area contributed by atoms with Gasteiger partial charge in [-0.05, 0) is 38.0 Å². The van der Waals surface area contributed by atoms with Crippen LogP contribution in [0.5, 0.6) is 0 Å². The average Bonchev–Trinajstić information content (AvgIpc) is 2.86. The standard InChI is InChI=1S/C15H16F2N2O/c1-4-10-8-12(19(5-2)18-10)15(20)13-11(16)7-6-9(3)14(13)17/h6-8H,4-5H2,1-3H3. The van der Waals surface area contributed by atoms with Crippen molar-refractivity contribution >= 4 is 5.78 Å². The summed E-state index contributed by atoms with van der Waals surface area (Å²) in [7, 11) is 0. The molecule has 0 spiro atoms. The normalized spacial score (nSPS) is 10.8. The summed E-state index contributed by atoms with van der Waals surface area (Å²) in [6.07, 6.45) is 0.659. The van der Waals surface area contributed by atoms with Crippen LogP contribution in [0.4, 0.5) is 8.78 Å². The third-order valence-corrected chi connectivity index (χ3v) is 3.24. The van der Waals surface area contributed by atoms with E-state index in [0.717, 1.165) is 11.8 Å². The van der Waals surface area contributed by atoms with Gasteiger partial charge in [0.2, 0.25) is 5.78 Å². The van der Waals surface area contributed by atoms with Gasteiger partial charge in [-0.1, -0.05) is 13.0 Å². The van der Waals surface area contributed by atoms with Crippen LogP contribution in [0, 0.1) is 18.6 Å². The van der Waals surface area contributed by atoms with Gasteiger partial charge in [-0.25, -0.2) is 8.78 Å². The Balaban J connectivity index is 2.57. The monoisotopic (exact) mass is 278 g/mol. The predicted molar refractivity (Wildman–Crippen MR) is 71.8 cm³/mol. The van der Waals surface area contributed by atoms with Gasteiger partial charge in [0.1, 0.15) is 17.3 Å². The van der Waals surface area contributed by atoms with Crippen molar-refractivity contribution < 1.29 is 13.6 Å². The minimum Gasteiger partial charge on any atom is -0.287 e. The highest BCUT2D eigenvalue weighted by Gasteiger charge is 2.23. The quantitative estimate of drug-likeness (QED) is 0.804. The fourth-order valence-electron chi connectivity index (χ4n) is 2.06. The van der Waals surface area contributed by atoms with E-state index in [9.17, 15) is 13.6 Å². The highest BCUT2D eigenvalue weighted by Crippen LogP contribution is 2.20. The Bertz CT molecular complexity index is 662. The van der Waals surface area contributed by atoms with E-state index < -0.39 is 23.0 Å². The minimum atomic E-state index is -0.847. The van der Waals surface area contributed by atoms with Gasteiger partial charge in [-0.3, -0.25) is 9.48 Å². The zero-order valence-electron chi connectivity index (χ0n) is 11.7. The molecule has 1 heterocycles. The molecule has 0 saturated carbocycles. The second-order valence-electron chi connectivity index (χ2n) is 4.57. The lowest BCUT2D eigenvalue weighted by molar-refractivity contribution is 0.102. The highest BCUT2D eigenvalue weighted by molar-refractivity contribution is 6.08. The van der Waals surface area contributed by atoms with Gasteiger partial charge in [0.05, 0.1) is 11.3 Å². The van der Waals surface area contributed by atoms with Crippen LogP contribution < -0.4 is 0 Å². The lowest BCUT2D eigenvalue weighted by Gasteiger charge is -2.07. The molecule has 3 nitrogen and oxygen atoms in total. The van der Waals surface area contributed by atoms with Crippen molar-refractivity contribution in [3.63, 3.8) is 0 Å². The van der Waals surface area contributed by atoms with Crippen molar-refractivity contribution in [3.8, 4) is 0 Å². The van der Waals surface area contributed by atoms with E-state index in [4.69, 9.17) is 0 Å². The van der Waals surface area contributed by atoms with Crippen LogP contribution >= 0.6 is 0 Å². The van der Waals surface area contributed by atoms with E-state index >= 15 is 0 Å². The number of carbonyl (C=O) groups excluding carboxylic acids is 1. The number of ketones is 1. The van der Waals surface area contributed by atoms with Crippen LogP contribution in [-0.4, -0.2) is 15.6 Å². The first kappa shape index (κ1) is 14.4. The molecule has 0 atom stereocenters. The maximum absolute atomic E-state index is 14.0. The van der Waals surface area contributed by atoms with E-state index in [2.05, 4.69) is 5.10 Å². The Labute approximate surface area is 116 Å². The second-order valence-corrected chi connectivity index (χ2v) is 4.57. The molecule has 0 aliphatic rings. The summed E-state index contributed by atoms with van der Waals surface area (Å²) in [4.78, 5) is 12.4. The van der Waals surface area contributed by atoms with Crippen LogP contribution in [-0.2, 0) is 13.0 Å². The summed E-state index contributed by atoms with van der Waals surface area (Å²) in [6, 6.07) is 4.02. The van der Waals surface area contributed by atoms with E-state index in [-0.39, 0.29) is 11.3 Å². The summed E-state index contributed by atoms with van der Waals surface area (Å²) in [5.74, 6) is -2.32.